The van der Waals surface area contributed by atoms with Gasteiger partial charge in [0.2, 0.25) is 0 Å². The molecule has 0 aliphatic heterocycles. The van der Waals surface area contributed by atoms with Gasteiger partial charge in [0.05, 0.1) is 6.04 Å². The molecule has 0 aromatic carbocycles. The maximum atomic E-state index is 12.2. The fourth-order valence-electron chi connectivity index (χ4n) is 1.09. The van der Waals surface area contributed by atoms with E-state index in [1.807, 2.05) is 0 Å². The van der Waals surface area contributed by atoms with Crippen molar-refractivity contribution in [1.82, 2.24) is 9.97 Å². The zero-order valence-electron chi connectivity index (χ0n) is 8.38. The molecule has 0 amide bonds. The van der Waals surface area contributed by atoms with Crippen LogP contribution in [0.4, 0.5) is 14.6 Å². The molecule has 1 unspecified atom stereocenters. The molecule has 78 valence electrons. The van der Waals surface area contributed by atoms with Crippen LogP contribution in [0.5, 0.6) is 0 Å². The van der Waals surface area contributed by atoms with Crippen molar-refractivity contribution < 1.29 is 8.78 Å². The van der Waals surface area contributed by atoms with Crippen LogP contribution in [0.3, 0.4) is 0 Å². The van der Waals surface area contributed by atoms with Crippen LogP contribution >= 0.6 is 0 Å². The highest BCUT2D eigenvalue weighted by Gasteiger charge is 2.14. The van der Waals surface area contributed by atoms with Crippen LogP contribution in [-0.2, 0) is 0 Å². The summed E-state index contributed by atoms with van der Waals surface area (Å²) >= 11 is 0. The predicted molar refractivity (Wildman–Crippen MR) is 50.6 cm³/mol. The summed E-state index contributed by atoms with van der Waals surface area (Å²) in [5.74, 6) is 1.02. The molecule has 0 saturated carbocycles. The number of nitrogens with one attached hydrogen (secondary N) is 1. The highest BCUT2D eigenvalue weighted by atomic mass is 19.3. The largest absolute Gasteiger partial charge is 0.362 e. The van der Waals surface area contributed by atoms with Crippen molar-refractivity contribution in [3.05, 3.63) is 17.6 Å². The number of rotatable bonds is 3. The van der Waals surface area contributed by atoms with Gasteiger partial charge in [0, 0.05) is 11.8 Å². The van der Waals surface area contributed by atoms with Gasteiger partial charge in [0.15, 0.2) is 0 Å². The number of hydrogen-bond acceptors (Lipinski definition) is 3. The van der Waals surface area contributed by atoms with Gasteiger partial charge < -0.3 is 5.32 Å². The molecular weight excluding hydrogens is 188 g/mol. The molecule has 1 atom stereocenters. The summed E-state index contributed by atoms with van der Waals surface area (Å²) in [5, 5.41) is 2.62. The quantitative estimate of drug-likeness (QED) is 0.814. The number of hydrogen-bond donors (Lipinski definition) is 1. The topological polar surface area (TPSA) is 37.8 Å². The van der Waals surface area contributed by atoms with E-state index >= 15 is 0 Å². The molecule has 1 N–H and O–H groups in total. The Balaban J connectivity index is 2.76. The maximum absolute atomic E-state index is 12.2. The molecule has 1 heterocycles. The van der Waals surface area contributed by atoms with Crippen LogP contribution < -0.4 is 5.32 Å². The van der Waals surface area contributed by atoms with Gasteiger partial charge in [-0.3, -0.25) is 0 Å². The first-order chi connectivity index (χ1) is 6.49. The highest BCUT2D eigenvalue weighted by molar-refractivity contribution is 5.36. The molecule has 1 rings (SSSR count). The fraction of sp³-hybridized carbons (Fsp3) is 0.556. The Hall–Kier alpha value is -1.26. The van der Waals surface area contributed by atoms with Gasteiger partial charge in [-0.15, -0.1) is 0 Å². The zero-order valence-corrected chi connectivity index (χ0v) is 8.38. The second kappa shape index (κ2) is 4.30. The first kappa shape index (κ1) is 10.8. The molecular formula is C9H13F2N3. The Morgan fingerprint density at radius 2 is 1.93 bits per heavy atom. The van der Waals surface area contributed by atoms with Gasteiger partial charge in [-0.05, 0) is 20.8 Å². The molecule has 5 heteroatoms. The minimum atomic E-state index is -2.40. The lowest BCUT2D eigenvalue weighted by Crippen LogP contribution is -2.24. The molecule has 0 fully saturated rings. The average Bonchev–Trinajstić information content (AvgIpc) is 2.01. The third-order valence-corrected chi connectivity index (χ3v) is 1.72. The molecule has 14 heavy (non-hydrogen) atoms. The van der Waals surface area contributed by atoms with E-state index in [1.165, 1.54) is 6.92 Å². The van der Waals surface area contributed by atoms with E-state index < -0.39 is 12.5 Å². The summed E-state index contributed by atoms with van der Waals surface area (Å²) in [4.78, 5) is 8.05. The summed E-state index contributed by atoms with van der Waals surface area (Å²) in [5.41, 5.74) is 0.765. The van der Waals surface area contributed by atoms with Crippen molar-refractivity contribution in [1.29, 1.82) is 0 Å². The molecule has 0 radical (unpaired) electrons. The van der Waals surface area contributed by atoms with E-state index in [0.29, 0.717) is 11.6 Å². The van der Waals surface area contributed by atoms with Crippen molar-refractivity contribution in [2.75, 3.05) is 5.32 Å². The molecule has 1 aromatic rings. The Morgan fingerprint density at radius 3 is 2.43 bits per heavy atom. The Morgan fingerprint density at radius 1 is 1.29 bits per heavy atom. The normalized spacial score (nSPS) is 13.0. The van der Waals surface area contributed by atoms with Crippen molar-refractivity contribution in [3.8, 4) is 0 Å². The minimum Gasteiger partial charge on any atom is -0.362 e. The van der Waals surface area contributed by atoms with E-state index in [2.05, 4.69) is 15.3 Å². The van der Waals surface area contributed by atoms with Crippen molar-refractivity contribution in [3.63, 3.8) is 0 Å². The number of nitrogens with zero attached hydrogens (tertiary/aromatic N) is 2. The number of aryl methyl sites for hydroxylation is 2. The van der Waals surface area contributed by atoms with Crippen LogP contribution in [0.1, 0.15) is 18.4 Å². The Bertz CT molecular complexity index is 295. The lowest BCUT2D eigenvalue weighted by atomic mass is 10.3. The smallest absolute Gasteiger partial charge is 0.258 e. The van der Waals surface area contributed by atoms with E-state index in [1.54, 1.807) is 19.9 Å². The van der Waals surface area contributed by atoms with Crippen molar-refractivity contribution >= 4 is 5.82 Å². The minimum absolute atomic E-state index is 0.447. The van der Waals surface area contributed by atoms with E-state index in [0.717, 1.165) is 5.69 Å². The summed E-state index contributed by atoms with van der Waals surface area (Å²) in [6.07, 6.45) is -2.40. The van der Waals surface area contributed by atoms with Crippen LogP contribution in [0.15, 0.2) is 6.07 Å². The second-order valence-corrected chi connectivity index (χ2v) is 3.21. The van der Waals surface area contributed by atoms with Gasteiger partial charge in [0.25, 0.3) is 6.43 Å². The summed E-state index contributed by atoms with van der Waals surface area (Å²) in [6, 6.07) is 0.745. The molecule has 3 nitrogen and oxygen atoms in total. The maximum Gasteiger partial charge on any atom is 0.258 e. The third-order valence-electron chi connectivity index (χ3n) is 1.72. The molecule has 0 saturated heterocycles. The predicted octanol–water partition coefficient (Wildman–Crippen LogP) is 2.16. The fourth-order valence-corrected chi connectivity index (χ4v) is 1.09. The van der Waals surface area contributed by atoms with Gasteiger partial charge in [-0.2, -0.15) is 0 Å². The first-order valence-corrected chi connectivity index (χ1v) is 4.36. The van der Waals surface area contributed by atoms with Gasteiger partial charge in [-0.25, -0.2) is 18.7 Å². The first-order valence-electron chi connectivity index (χ1n) is 4.36. The highest BCUT2D eigenvalue weighted by Crippen LogP contribution is 2.10. The molecule has 0 aliphatic rings. The molecule has 0 aliphatic carbocycles. The lowest BCUT2D eigenvalue weighted by Gasteiger charge is -2.13. The van der Waals surface area contributed by atoms with E-state index in [-0.39, 0.29) is 0 Å². The summed E-state index contributed by atoms with van der Waals surface area (Å²) in [7, 11) is 0. The van der Waals surface area contributed by atoms with Gasteiger partial charge in [-0.1, -0.05) is 0 Å². The van der Waals surface area contributed by atoms with Crippen LogP contribution in [0.2, 0.25) is 0 Å². The molecule has 0 bridgehead atoms. The molecule has 0 spiro atoms. The number of alkyl halides is 2. The molecule has 1 aromatic heterocycles. The summed E-state index contributed by atoms with van der Waals surface area (Å²) < 4.78 is 24.4. The van der Waals surface area contributed by atoms with Gasteiger partial charge >= 0.3 is 0 Å². The van der Waals surface area contributed by atoms with Crippen molar-refractivity contribution in [2.24, 2.45) is 0 Å². The van der Waals surface area contributed by atoms with E-state index in [9.17, 15) is 8.78 Å². The van der Waals surface area contributed by atoms with Crippen LogP contribution in [0.25, 0.3) is 0 Å². The van der Waals surface area contributed by atoms with Gasteiger partial charge in [0.1, 0.15) is 11.6 Å². The van der Waals surface area contributed by atoms with E-state index in [4.69, 9.17) is 0 Å². The number of halogens is 2. The number of anilines is 1. The SMILES string of the molecule is Cc1cc(NC(C)C(F)F)nc(C)n1. The zero-order chi connectivity index (χ0) is 10.7. The second-order valence-electron chi connectivity index (χ2n) is 3.21. The standard InChI is InChI=1S/C9H13F2N3/c1-5-4-8(14-7(3)12-5)13-6(2)9(10)11/h4,6,9H,1-3H3,(H,12,13,14). The Kier molecular flexibility index (Phi) is 3.33. The Labute approximate surface area is 81.6 Å². The van der Waals surface area contributed by atoms with Crippen molar-refractivity contribution in [2.45, 2.75) is 33.2 Å². The lowest BCUT2D eigenvalue weighted by molar-refractivity contribution is 0.130. The average molecular weight is 201 g/mol. The third kappa shape index (κ3) is 2.90. The van der Waals surface area contributed by atoms with Crippen LogP contribution in [0, 0.1) is 13.8 Å². The monoisotopic (exact) mass is 201 g/mol. The summed E-state index contributed by atoms with van der Waals surface area (Å²) in [6.45, 7) is 4.94. The van der Waals surface area contributed by atoms with Crippen LogP contribution in [-0.4, -0.2) is 22.4 Å². The number of aromatic nitrogens is 2.